The number of rotatable bonds is 7. The van der Waals surface area contributed by atoms with Crippen LogP contribution in [0.5, 0.6) is 5.75 Å². The lowest BCUT2D eigenvalue weighted by atomic mass is 9.94. The Balaban J connectivity index is 1.54. The van der Waals surface area contributed by atoms with E-state index in [1.54, 1.807) is 12.1 Å². The van der Waals surface area contributed by atoms with Gasteiger partial charge in [0.2, 0.25) is 0 Å². The lowest BCUT2D eigenvalue weighted by molar-refractivity contribution is -0.149. The normalized spacial score (nSPS) is 18.9. The second kappa shape index (κ2) is 11.0. The molecule has 7 heteroatoms. The van der Waals surface area contributed by atoms with Crippen molar-refractivity contribution in [2.24, 2.45) is 11.0 Å². The van der Waals surface area contributed by atoms with Crippen LogP contribution in [0.15, 0.2) is 47.6 Å². The van der Waals surface area contributed by atoms with Gasteiger partial charge in [0.15, 0.2) is 0 Å². The first kappa shape index (κ1) is 24.9. The average molecular weight is 478 g/mol. The molecule has 0 aliphatic carbocycles. The Morgan fingerprint density at radius 2 is 1.83 bits per heavy atom. The predicted molar refractivity (Wildman–Crippen MR) is 135 cm³/mol. The summed E-state index contributed by atoms with van der Waals surface area (Å²) in [5, 5.41) is 6.50. The van der Waals surface area contributed by atoms with Crippen LogP contribution < -0.4 is 4.74 Å². The van der Waals surface area contributed by atoms with E-state index in [0.29, 0.717) is 39.0 Å². The maximum atomic E-state index is 13.6. The molecule has 0 radical (unpaired) electrons. The molecular weight excluding hydrogens is 442 g/mol. The highest BCUT2D eigenvalue weighted by atomic mass is 16.5. The summed E-state index contributed by atoms with van der Waals surface area (Å²) in [4.78, 5) is 27.8. The molecule has 0 unspecified atom stereocenters. The predicted octanol–water partition coefficient (Wildman–Crippen LogP) is 4.26. The van der Waals surface area contributed by atoms with Crippen LogP contribution in [0.1, 0.15) is 54.5 Å². The third kappa shape index (κ3) is 5.56. The minimum Gasteiger partial charge on any atom is -0.496 e. The van der Waals surface area contributed by atoms with Crippen molar-refractivity contribution in [3.63, 3.8) is 0 Å². The van der Waals surface area contributed by atoms with E-state index in [-0.39, 0.29) is 30.4 Å². The van der Waals surface area contributed by atoms with E-state index in [9.17, 15) is 9.59 Å². The van der Waals surface area contributed by atoms with Crippen molar-refractivity contribution in [1.82, 2.24) is 9.91 Å². The molecule has 2 aliphatic rings. The molecule has 7 nitrogen and oxygen atoms in total. The zero-order valence-electron chi connectivity index (χ0n) is 21.1. The molecule has 1 atom stereocenters. The van der Waals surface area contributed by atoms with Crippen molar-refractivity contribution in [1.29, 1.82) is 0 Å². The third-order valence-electron chi connectivity index (χ3n) is 6.92. The fraction of sp³-hybridized carbons (Fsp3) is 0.464. The molecule has 186 valence electrons. The van der Waals surface area contributed by atoms with Crippen LogP contribution in [0.4, 0.5) is 0 Å². The lowest BCUT2D eigenvalue weighted by Gasteiger charge is -2.32. The molecule has 0 saturated carbocycles. The summed E-state index contributed by atoms with van der Waals surface area (Å²) in [6.45, 7) is 8.04. The number of nitrogens with zero attached hydrogens (tertiary/aromatic N) is 3. The molecule has 1 fully saturated rings. The third-order valence-corrected chi connectivity index (χ3v) is 6.92. The van der Waals surface area contributed by atoms with E-state index in [1.165, 1.54) is 5.56 Å². The second-order valence-corrected chi connectivity index (χ2v) is 9.37. The summed E-state index contributed by atoms with van der Waals surface area (Å²) in [5.74, 6) is 0.499. The Bertz CT molecular complexity index is 1110. The molecule has 2 aliphatic heterocycles. The number of aryl methyl sites for hydroxylation is 2. The molecule has 0 aromatic heterocycles. The number of amides is 1. The van der Waals surface area contributed by atoms with Crippen molar-refractivity contribution >= 4 is 17.6 Å². The molecule has 1 amide bonds. The van der Waals surface area contributed by atoms with Crippen molar-refractivity contribution in [2.75, 3.05) is 33.4 Å². The van der Waals surface area contributed by atoms with Gasteiger partial charge in [0.05, 0.1) is 37.9 Å². The number of hydrogen-bond donors (Lipinski definition) is 0. The van der Waals surface area contributed by atoms with Gasteiger partial charge in [0.1, 0.15) is 5.75 Å². The molecule has 0 spiro atoms. The highest BCUT2D eigenvalue weighted by Gasteiger charge is 2.36. The number of carbonyl (C=O) groups excluding carboxylic acids is 2. The first-order chi connectivity index (χ1) is 16.9. The van der Waals surface area contributed by atoms with Crippen LogP contribution in [-0.4, -0.2) is 60.8 Å². The summed E-state index contributed by atoms with van der Waals surface area (Å²) in [6.07, 6.45) is 2.04. The van der Waals surface area contributed by atoms with E-state index < -0.39 is 0 Å². The lowest BCUT2D eigenvalue weighted by Crippen LogP contribution is -2.43. The Hall–Kier alpha value is -3.19. The largest absolute Gasteiger partial charge is 0.496 e. The number of benzene rings is 2. The number of ether oxygens (including phenoxy) is 2. The molecule has 1 saturated heterocycles. The van der Waals surface area contributed by atoms with Crippen LogP contribution in [0.3, 0.4) is 0 Å². The summed E-state index contributed by atoms with van der Waals surface area (Å²) in [6, 6.07) is 13.9. The monoisotopic (exact) mass is 477 g/mol. The number of esters is 1. The Kier molecular flexibility index (Phi) is 7.86. The van der Waals surface area contributed by atoms with E-state index in [4.69, 9.17) is 14.6 Å². The molecule has 2 heterocycles. The fourth-order valence-corrected chi connectivity index (χ4v) is 5.08. The molecule has 0 bridgehead atoms. The van der Waals surface area contributed by atoms with Crippen LogP contribution >= 0.6 is 0 Å². The number of hydrazone groups is 1. The van der Waals surface area contributed by atoms with Crippen molar-refractivity contribution in [3.05, 3.63) is 64.7 Å². The number of carbonyl (C=O) groups is 2. The summed E-state index contributed by atoms with van der Waals surface area (Å²) >= 11 is 0. The molecule has 2 aromatic rings. The highest BCUT2D eigenvalue weighted by molar-refractivity contribution is 6.04. The van der Waals surface area contributed by atoms with Gasteiger partial charge in [0.25, 0.3) is 5.91 Å². The fourth-order valence-electron chi connectivity index (χ4n) is 5.08. The van der Waals surface area contributed by atoms with E-state index >= 15 is 0 Å². The number of methoxy groups -OCH3 is 1. The quantitative estimate of drug-likeness (QED) is 0.557. The summed E-state index contributed by atoms with van der Waals surface area (Å²) < 4.78 is 10.8. The minimum atomic E-state index is -0.230. The molecule has 35 heavy (non-hydrogen) atoms. The topological polar surface area (TPSA) is 71.4 Å². The zero-order valence-corrected chi connectivity index (χ0v) is 21.1. The van der Waals surface area contributed by atoms with Crippen LogP contribution in [-0.2, 0) is 14.3 Å². The van der Waals surface area contributed by atoms with Gasteiger partial charge in [-0.05, 0) is 58.3 Å². The van der Waals surface area contributed by atoms with Crippen molar-refractivity contribution in [3.8, 4) is 5.75 Å². The smallest absolute Gasteiger partial charge is 0.309 e. The van der Waals surface area contributed by atoms with Gasteiger partial charge in [-0.25, -0.2) is 5.01 Å². The van der Waals surface area contributed by atoms with Gasteiger partial charge >= 0.3 is 5.97 Å². The Morgan fingerprint density at radius 1 is 1.09 bits per heavy atom. The van der Waals surface area contributed by atoms with Crippen LogP contribution in [0, 0.1) is 19.8 Å². The van der Waals surface area contributed by atoms with Gasteiger partial charge in [-0.2, -0.15) is 5.10 Å². The van der Waals surface area contributed by atoms with Crippen LogP contribution in [0.2, 0.25) is 0 Å². The minimum absolute atomic E-state index is 0.0461. The SMILES string of the molecule is CCOC(=O)C1CCN(CC(=O)N2N=C(c3ccc(C)cc3C)C[C@@H]2c2ccccc2OC)CC1. The first-order valence-corrected chi connectivity index (χ1v) is 12.4. The van der Waals surface area contributed by atoms with Gasteiger partial charge < -0.3 is 9.47 Å². The van der Waals surface area contributed by atoms with E-state index in [2.05, 4.69) is 36.9 Å². The maximum Gasteiger partial charge on any atom is 0.309 e. The van der Waals surface area contributed by atoms with E-state index in [1.807, 2.05) is 31.2 Å². The second-order valence-electron chi connectivity index (χ2n) is 9.37. The summed E-state index contributed by atoms with van der Waals surface area (Å²) in [5.41, 5.74) is 5.28. The number of likely N-dealkylation sites (tertiary alicyclic amines) is 1. The molecule has 2 aromatic carbocycles. The van der Waals surface area contributed by atoms with E-state index in [0.717, 1.165) is 28.2 Å². The molecule has 4 rings (SSSR count). The van der Waals surface area contributed by atoms with Gasteiger partial charge in [-0.3, -0.25) is 14.5 Å². The Morgan fingerprint density at radius 3 is 2.51 bits per heavy atom. The van der Waals surface area contributed by atoms with Crippen molar-refractivity contribution in [2.45, 2.75) is 46.1 Å². The number of piperidine rings is 1. The standard InChI is InChI=1S/C28H35N3O4/c1-5-35-28(33)21-12-14-30(15-13-21)18-27(32)31-25(23-8-6-7-9-26(23)34-4)17-24(29-31)22-11-10-19(2)16-20(22)3/h6-11,16,21,25H,5,12-15,17-18H2,1-4H3/t25-/m1/s1. The van der Waals surface area contributed by atoms with Crippen molar-refractivity contribution < 1.29 is 19.1 Å². The van der Waals surface area contributed by atoms with Gasteiger partial charge in [0, 0.05) is 17.5 Å². The molecular formula is C28H35N3O4. The molecule has 0 N–H and O–H groups in total. The number of para-hydroxylation sites is 1. The average Bonchev–Trinajstić information content (AvgIpc) is 3.29. The summed E-state index contributed by atoms with van der Waals surface area (Å²) in [7, 11) is 1.65. The Labute approximate surface area is 207 Å². The maximum absolute atomic E-state index is 13.6. The highest BCUT2D eigenvalue weighted by Crippen LogP contribution is 2.38. The van der Waals surface area contributed by atoms with Gasteiger partial charge in [-0.15, -0.1) is 0 Å². The zero-order chi connectivity index (χ0) is 24.9. The first-order valence-electron chi connectivity index (χ1n) is 12.4. The van der Waals surface area contributed by atoms with Crippen LogP contribution in [0.25, 0.3) is 0 Å². The number of hydrogen-bond acceptors (Lipinski definition) is 6. The van der Waals surface area contributed by atoms with Gasteiger partial charge in [-0.1, -0.05) is 42.0 Å².